The van der Waals surface area contributed by atoms with Gasteiger partial charge >= 0.3 is 0 Å². The van der Waals surface area contributed by atoms with Gasteiger partial charge in [-0.05, 0) is 29.8 Å². The number of methoxy groups -OCH3 is 1. The number of ether oxygens (including phenoxy) is 3. The van der Waals surface area contributed by atoms with Crippen LogP contribution in [0.25, 0.3) is 0 Å². The smallest absolute Gasteiger partial charge is 0.231 e. The number of anilines is 2. The SMILES string of the molecule is COc1cccc(Nc2nnc(SCc3cc(Cl)c4c(c3)OCO4)s2)c1. The minimum Gasteiger partial charge on any atom is -0.497 e. The normalized spacial score (nSPS) is 12.2. The maximum Gasteiger partial charge on any atom is 0.231 e. The van der Waals surface area contributed by atoms with Gasteiger partial charge in [-0.25, -0.2) is 0 Å². The third-order valence-corrected chi connectivity index (χ3v) is 5.90. The van der Waals surface area contributed by atoms with E-state index in [4.69, 9.17) is 25.8 Å². The first kappa shape index (κ1) is 17.3. The third-order valence-electron chi connectivity index (χ3n) is 3.58. The minimum absolute atomic E-state index is 0.210. The topological polar surface area (TPSA) is 65.5 Å². The summed E-state index contributed by atoms with van der Waals surface area (Å²) >= 11 is 9.30. The van der Waals surface area contributed by atoms with Gasteiger partial charge in [-0.3, -0.25) is 0 Å². The lowest BCUT2D eigenvalue weighted by molar-refractivity contribution is 0.174. The van der Waals surface area contributed by atoms with E-state index in [9.17, 15) is 0 Å². The van der Waals surface area contributed by atoms with Crippen LogP contribution in [0.5, 0.6) is 17.2 Å². The van der Waals surface area contributed by atoms with Crippen LogP contribution in [0.15, 0.2) is 40.7 Å². The average Bonchev–Trinajstić information content (AvgIpc) is 3.29. The second-order valence-electron chi connectivity index (χ2n) is 5.33. The fourth-order valence-corrected chi connectivity index (χ4v) is 4.38. The molecule has 0 spiro atoms. The molecule has 1 aliphatic rings. The molecular formula is C17H14ClN3O3S2. The van der Waals surface area contributed by atoms with Crippen molar-refractivity contribution in [3.05, 3.63) is 47.0 Å². The number of aromatic nitrogens is 2. The van der Waals surface area contributed by atoms with E-state index in [1.54, 1.807) is 18.9 Å². The van der Waals surface area contributed by atoms with Crippen molar-refractivity contribution >= 4 is 45.5 Å². The number of benzene rings is 2. The Bertz CT molecular complexity index is 935. The molecule has 0 unspecified atom stereocenters. The molecule has 6 nitrogen and oxygen atoms in total. The molecule has 134 valence electrons. The molecule has 3 aromatic rings. The molecule has 0 amide bonds. The van der Waals surface area contributed by atoms with E-state index in [1.165, 1.54) is 11.3 Å². The van der Waals surface area contributed by atoms with Crippen LogP contribution in [0.4, 0.5) is 10.8 Å². The summed E-state index contributed by atoms with van der Waals surface area (Å²) in [6, 6.07) is 11.5. The zero-order valence-corrected chi connectivity index (χ0v) is 16.1. The van der Waals surface area contributed by atoms with Crippen LogP contribution in [0.3, 0.4) is 0 Å². The van der Waals surface area contributed by atoms with Crippen LogP contribution in [-0.2, 0) is 5.75 Å². The van der Waals surface area contributed by atoms with Gasteiger partial charge in [0.05, 0.1) is 12.1 Å². The highest BCUT2D eigenvalue weighted by molar-refractivity contribution is 8.00. The van der Waals surface area contributed by atoms with Crippen molar-refractivity contribution in [1.82, 2.24) is 10.2 Å². The molecule has 0 atom stereocenters. The fraction of sp³-hybridized carbons (Fsp3) is 0.176. The fourth-order valence-electron chi connectivity index (χ4n) is 2.39. The molecule has 1 aliphatic heterocycles. The number of thioether (sulfide) groups is 1. The third kappa shape index (κ3) is 3.82. The van der Waals surface area contributed by atoms with Gasteiger partial charge in [0.1, 0.15) is 5.75 Å². The van der Waals surface area contributed by atoms with Gasteiger partial charge in [0.25, 0.3) is 0 Å². The van der Waals surface area contributed by atoms with Crippen molar-refractivity contribution in [1.29, 1.82) is 0 Å². The van der Waals surface area contributed by atoms with Gasteiger partial charge in [0.2, 0.25) is 11.9 Å². The zero-order chi connectivity index (χ0) is 17.9. The van der Waals surface area contributed by atoms with E-state index in [-0.39, 0.29) is 6.79 Å². The molecule has 0 saturated carbocycles. The first-order valence-corrected chi connectivity index (χ1v) is 9.84. The van der Waals surface area contributed by atoms with Gasteiger partial charge in [-0.15, -0.1) is 10.2 Å². The first-order valence-electron chi connectivity index (χ1n) is 7.66. The molecule has 0 radical (unpaired) electrons. The zero-order valence-electron chi connectivity index (χ0n) is 13.7. The number of halogens is 1. The van der Waals surface area contributed by atoms with Crippen molar-refractivity contribution in [2.75, 3.05) is 19.2 Å². The molecule has 0 bridgehead atoms. The van der Waals surface area contributed by atoms with Crippen LogP contribution >= 0.6 is 34.7 Å². The minimum atomic E-state index is 0.210. The molecule has 1 aromatic heterocycles. The van der Waals surface area contributed by atoms with Crippen LogP contribution in [0, 0.1) is 0 Å². The summed E-state index contributed by atoms with van der Waals surface area (Å²) in [5, 5.41) is 12.9. The lowest BCUT2D eigenvalue weighted by atomic mass is 10.2. The molecule has 2 heterocycles. The molecule has 0 fully saturated rings. The van der Waals surface area contributed by atoms with Gasteiger partial charge in [0, 0.05) is 17.5 Å². The van der Waals surface area contributed by atoms with Gasteiger partial charge in [-0.2, -0.15) is 0 Å². The average molecular weight is 408 g/mol. The summed E-state index contributed by atoms with van der Waals surface area (Å²) in [4.78, 5) is 0. The maximum atomic E-state index is 6.22. The molecule has 1 N–H and O–H groups in total. The Balaban J connectivity index is 1.40. The second-order valence-corrected chi connectivity index (χ2v) is 7.94. The Labute approximate surface area is 163 Å². The highest BCUT2D eigenvalue weighted by Crippen LogP contribution is 2.41. The van der Waals surface area contributed by atoms with Gasteiger partial charge < -0.3 is 19.5 Å². The first-order chi connectivity index (χ1) is 12.7. The van der Waals surface area contributed by atoms with Crippen LogP contribution in [0.1, 0.15) is 5.56 Å². The highest BCUT2D eigenvalue weighted by atomic mass is 35.5. The van der Waals surface area contributed by atoms with E-state index < -0.39 is 0 Å². The van der Waals surface area contributed by atoms with Crippen LogP contribution < -0.4 is 19.5 Å². The van der Waals surface area contributed by atoms with Crippen molar-refractivity contribution in [3.8, 4) is 17.2 Å². The number of nitrogens with one attached hydrogen (secondary N) is 1. The molecule has 4 rings (SSSR count). The highest BCUT2D eigenvalue weighted by Gasteiger charge is 2.18. The lowest BCUT2D eigenvalue weighted by Crippen LogP contribution is -1.93. The van der Waals surface area contributed by atoms with Crippen molar-refractivity contribution in [2.24, 2.45) is 0 Å². The van der Waals surface area contributed by atoms with E-state index in [0.717, 1.165) is 26.5 Å². The Morgan fingerprint density at radius 2 is 2.19 bits per heavy atom. The van der Waals surface area contributed by atoms with E-state index >= 15 is 0 Å². The number of hydrogen-bond acceptors (Lipinski definition) is 8. The van der Waals surface area contributed by atoms with Gasteiger partial charge in [-0.1, -0.05) is 40.8 Å². The second kappa shape index (κ2) is 7.61. The molecular weight excluding hydrogens is 394 g/mol. The number of nitrogens with zero attached hydrogens (tertiary/aromatic N) is 2. The number of rotatable bonds is 6. The molecule has 2 aromatic carbocycles. The summed E-state index contributed by atoms with van der Waals surface area (Å²) < 4.78 is 16.8. The van der Waals surface area contributed by atoms with E-state index in [2.05, 4.69) is 15.5 Å². The molecule has 9 heteroatoms. The van der Waals surface area contributed by atoms with Gasteiger partial charge in [0.15, 0.2) is 15.8 Å². The lowest BCUT2D eigenvalue weighted by Gasteiger charge is -2.04. The standard InChI is InChI=1S/C17H14ClN3O3S2/c1-22-12-4-2-3-11(7-12)19-16-20-21-17(26-16)25-8-10-5-13(18)15-14(6-10)23-9-24-15/h2-7H,8-9H2,1H3,(H,19,20). The predicted molar refractivity (Wildman–Crippen MR) is 103 cm³/mol. The molecule has 0 saturated heterocycles. The molecule has 26 heavy (non-hydrogen) atoms. The summed E-state index contributed by atoms with van der Waals surface area (Å²) in [6.45, 7) is 0.210. The van der Waals surface area contributed by atoms with E-state index in [1.807, 2.05) is 36.4 Å². The van der Waals surface area contributed by atoms with Crippen LogP contribution in [-0.4, -0.2) is 24.1 Å². The summed E-state index contributed by atoms with van der Waals surface area (Å²) in [5.74, 6) is 2.80. The Morgan fingerprint density at radius 1 is 1.27 bits per heavy atom. The predicted octanol–water partition coefficient (Wildman–Crippen LogP) is 4.96. The largest absolute Gasteiger partial charge is 0.497 e. The van der Waals surface area contributed by atoms with Crippen molar-refractivity contribution in [2.45, 2.75) is 10.1 Å². The monoisotopic (exact) mass is 407 g/mol. The Morgan fingerprint density at radius 3 is 3.08 bits per heavy atom. The maximum absolute atomic E-state index is 6.22. The molecule has 0 aliphatic carbocycles. The quantitative estimate of drug-likeness (QED) is 0.579. The summed E-state index contributed by atoms with van der Waals surface area (Å²) in [7, 11) is 1.64. The van der Waals surface area contributed by atoms with Crippen molar-refractivity contribution < 1.29 is 14.2 Å². The van der Waals surface area contributed by atoms with Crippen molar-refractivity contribution in [3.63, 3.8) is 0 Å². The Kier molecular flexibility index (Phi) is 5.05. The number of fused-ring (bicyclic) bond motifs is 1. The summed E-state index contributed by atoms with van der Waals surface area (Å²) in [5.41, 5.74) is 1.95. The number of hydrogen-bond donors (Lipinski definition) is 1. The summed E-state index contributed by atoms with van der Waals surface area (Å²) in [6.07, 6.45) is 0. The van der Waals surface area contributed by atoms with Crippen LogP contribution in [0.2, 0.25) is 5.02 Å². The Hall–Kier alpha value is -2.16. The van der Waals surface area contributed by atoms with E-state index in [0.29, 0.717) is 22.3 Å².